The van der Waals surface area contributed by atoms with Crippen molar-refractivity contribution >= 4 is 44.9 Å². The summed E-state index contributed by atoms with van der Waals surface area (Å²) in [5.74, 6) is 0. The van der Waals surface area contributed by atoms with Gasteiger partial charge in [0.1, 0.15) is 6.61 Å². The second-order valence-corrected chi connectivity index (χ2v) is 7.84. The summed E-state index contributed by atoms with van der Waals surface area (Å²) in [6.07, 6.45) is 3.06. The van der Waals surface area contributed by atoms with Crippen LogP contribution in [0.2, 0.25) is 0 Å². The molecule has 1 unspecified atom stereocenters. The maximum Gasteiger partial charge on any atom is 0.311 e. The van der Waals surface area contributed by atoms with Crippen molar-refractivity contribution in [1.29, 1.82) is 0 Å². The van der Waals surface area contributed by atoms with Gasteiger partial charge < -0.3 is 10.2 Å². The second kappa shape index (κ2) is 4.42. The zero-order chi connectivity index (χ0) is 12.6. The maximum absolute atomic E-state index is 11.9. The molecule has 5 nitrogen and oxygen atoms in total. The van der Waals surface area contributed by atoms with E-state index in [-0.39, 0.29) is 0 Å². The molecule has 1 aliphatic heterocycles. The summed E-state index contributed by atoms with van der Waals surface area (Å²) in [5, 5.41) is 2.66. The molecular weight excluding hydrogens is 299 g/mol. The summed E-state index contributed by atoms with van der Waals surface area (Å²) in [7, 11) is -2.35. The minimum atomic E-state index is -3.94. The van der Waals surface area contributed by atoms with Crippen LogP contribution in [0, 0.1) is 0 Å². The van der Waals surface area contributed by atoms with Gasteiger partial charge in [-0.3, -0.25) is 4.18 Å². The molecule has 0 aromatic carbocycles. The average Bonchev–Trinajstić information content (AvgIpc) is 2.45. The van der Waals surface area contributed by atoms with Gasteiger partial charge in [-0.2, -0.15) is 8.42 Å². The Bertz CT molecular complexity index is 392. The van der Waals surface area contributed by atoms with E-state index in [0.29, 0.717) is 0 Å². The first-order chi connectivity index (χ1) is 7.08. The fraction of sp³-hybridized carbons (Fsp3) is 0.714. The molecule has 1 rings (SSSR count). The fourth-order valence-electron chi connectivity index (χ4n) is 1.06. The highest BCUT2D eigenvalue weighted by atomic mass is 35.6. The number of nitrogens with zero attached hydrogens (tertiary/aromatic N) is 1. The lowest BCUT2D eigenvalue weighted by Gasteiger charge is -2.32. The van der Waals surface area contributed by atoms with Crippen molar-refractivity contribution < 1.29 is 12.6 Å². The summed E-state index contributed by atoms with van der Waals surface area (Å²) in [5.41, 5.74) is 0. The van der Waals surface area contributed by atoms with Crippen molar-refractivity contribution in [3.05, 3.63) is 12.4 Å². The van der Waals surface area contributed by atoms with E-state index in [4.69, 9.17) is 34.8 Å². The minimum absolute atomic E-state index is 0.537. The first-order valence-corrected chi connectivity index (χ1v) is 6.76. The normalized spacial score (nSPS) is 25.9. The van der Waals surface area contributed by atoms with Crippen LogP contribution in [0.3, 0.4) is 0 Å². The summed E-state index contributed by atoms with van der Waals surface area (Å²) in [4.78, 5) is 0.0592. The minimum Gasteiger partial charge on any atom is -0.353 e. The van der Waals surface area contributed by atoms with Gasteiger partial charge in [0.15, 0.2) is 0 Å². The Hall–Kier alpha value is 0.120. The molecule has 0 fully saturated rings. The molecule has 0 spiro atoms. The Morgan fingerprint density at radius 2 is 2.06 bits per heavy atom. The SMILES string of the molecule is CN1C=CNC1(C)S(=O)(=O)OCC(Cl)(Cl)Cl. The highest BCUT2D eigenvalue weighted by molar-refractivity contribution is 7.88. The molecule has 0 radical (unpaired) electrons. The number of rotatable bonds is 3. The van der Waals surface area contributed by atoms with Crippen molar-refractivity contribution in [1.82, 2.24) is 10.2 Å². The molecular formula is C7H11Cl3N2O3S. The Morgan fingerprint density at radius 1 is 1.50 bits per heavy atom. The van der Waals surface area contributed by atoms with Gasteiger partial charge >= 0.3 is 10.1 Å². The molecule has 0 saturated heterocycles. The molecule has 0 amide bonds. The van der Waals surface area contributed by atoms with Gasteiger partial charge in [0.25, 0.3) is 0 Å². The Morgan fingerprint density at radius 3 is 2.44 bits per heavy atom. The van der Waals surface area contributed by atoms with Crippen molar-refractivity contribution in [2.45, 2.75) is 15.7 Å². The topological polar surface area (TPSA) is 58.6 Å². The highest BCUT2D eigenvalue weighted by Crippen LogP contribution is 2.30. The number of hydrogen-bond acceptors (Lipinski definition) is 5. The standard InChI is InChI=1S/C7H11Cl3N2O3S/c1-6(11-3-4-12(6)2)16(13,14)15-5-7(8,9)10/h3-4,11H,5H2,1-2H3. The van der Waals surface area contributed by atoms with Crippen LogP contribution in [-0.2, 0) is 14.3 Å². The van der Waals surface area contributed by atoms with Gasteiger partial charge in [-0.05, 0) is 6.92 Å². The lowest BCUT2D eigenvalue weighted by molar-refractivity contribution is 0.235. The summed E-state index contributed by atoms with van der Waals surface area (Å²) >= 11 is 16.3. The summed E-state index contributed by atoms with van der Waals surface area (Å²) in [6, 6.07) is 0. The predicted molar refractivity (Wildman–Crippen MR) is 63.6 cm³/mol. The van der Waals surface area contributed by atoms with Gasteiger partial charge in [-0.15, -0.1) is 0 Å². The fourth-order valence-corrected chi connectivity index (χ4v) is 2.60. The van der Waals surface area contributed by atoms with Crippen LogP contribution in [0.5, 0.6) is 0 Å². The largest absolute Gasteiger partial charge is 0.353 e. The van der Waals surface area contributed by atoms with E-state index in [1.165, 1.54) is 18.0 Å². The molecule has 9 heteroatoms. The molecule has 16 heavy (non-hydrogen) atoms. The van der Waals surface area contributed by atoms with E-state index in [1.54, 1.807) is 13.2 Å². The van der Waals surface area contributed by atoms with Crippen LogP contribution in [0.4, 0.5) is 0 Å². The molecule has 0 aromatic rings. The van der Waals surface area contributed by atoms with Gasteiger partial charge in [-0.1, -0.05) is 34.8 Å². The number of nitrogens with one attached hydrogen (secondary N) is 1. The highest BCUT2D eigenvalue weighted by Gasteiger charge is 2.45. The molecule has 0 saturated carbocycles. The second-order valence-electron chi connectivity index (χ2n) is 3.39. The number of hydrogen-bond donors (Lipinski definition) is 1. The third-order valence-corrected chi connectivity index (χ3v) is 4.32. The molecule has 0 aliphatic carbocycles. The monoisotopic (exact) mass is 308 g/mol. The number of halogens is 3. The Balaban J connectivity index is 2.79. The summed E-state index contributed by atoms with van der Waals surface area (Å²) in [6.45, 7) is 0.909. The molecule has 0 aromatic heterocycles. The lowest BCUT2D eigenvalue weighted by atomic mass is 10.5. The zero-order valence-corrected chi connectivity index (χ0v) is 11.7. The van der Waals surface area contributed by atoms with Gasteiger partial charge in [-0.25, -0.2) is 0 Å². The Labute approximate surface area is 109 Å². The summed E-state index contributed by atoms with van der Waals surface area (Å²) < 4.78 is 26.7. The quantitative estimate of drug-likeness (QED) is 0.630. The van der Waals surface area contributed by atoms with E-state index in [1.807, 2.05) is 0 Å². The molecule has 94 valence electrons. The molecule has 1 atom stereocenters. The van der Waals surface area contributed by atoms with Crippen LogP contribution in [0.1, 0.15) is 6.92 Å². The van der Waals surface area contributed by atoms with E-state index in [2.05, 4.69) is 9.50 Å². The molecule has 1 heterocycles. The van der Waals surface area contributed by atoms with Gasteiger partial charge in [0.05, 0.1) is 0 Å². The average molecular weight is 310 g/mol. The maximum atomic E-state index is 11.9. The lowest BCUT2D eigenvalue weighted by Crippen LogP contribution is -2.54. The smallest absolute Gasteiger partial charge is 0.311 e. The first-order valence-electron chi connectivity index (χ1n) is 4.21. The van der Waals surface area contributed by atoms with Crippen molar-refractivity contribution in [3.63, 3.8) is 0 Å². The van der Waals surface area contributed by atoms with Crippen LogP contribution >= 0.6 is 34.8 Å². The van der Waals surface area contributed by atoms with Crippen molar-refractivity contribution in [2.75, 3.05) is 13.7 Å². The zero-order valence-electron chi connectivity index (χ0n) is 8.58. The van der Waals surface area contributed by atoms with Crippen LogP contribution in [0.15, 0.2) is 12.4 Å². The van der Waals surface area contributed by atoms with Crippen molar-refractivity contribution in [2.24, 2.45) is 0 Å². The first kappa shape index (κ1) is 14.2. The van der Waals surface area contributed by atoms with Gasteiger partial charge in [0.2, 0.25) is 8.79 Å². The number of alkyl halides is 3. The van der Waals surface area contributed by atoms with Gasteiger partial charge in [0, 0.05) is 19.4 Å². The molecule has 1 aliphatic rings. The third kappa shape index (κ3) is 2.87. The molecule has 0 bridgehead atoms. The molecule has 1 N–H and O–H groups in total. The predicted octanol–water partition coefficient (Wildman–Crippen LogP) is 1.38. The van der Waals surface area contributed by atoms with E-state index in [9.17, 15) is 8.42 Å². The van der Waals surface area contributed by atoms with E-state index < -0.39 is 25.5 Å². The van der Waals surface area contributed by atoms with Crippen LogP contribution in [0.25, 0.3) is 0 Å². The van der Waals surface area contributed by atoms with Crippen LogP contribution in [-0.4, -0.2) is 35.8 Å². The van der Waals surface area contributed by atoms with Crippen molar-refractivity contribution in [3.8, 4) is 0 Å². The van der Waals surface area contributed by atoms with Crippen LogP contribution < -0.4 is 5.32 Å². The van der Waals surface area contributed by atoms with E-state index in [0.717, 1.165) is 0 Å². The third-order valence-electron chi connectivity index (χ3n) is 2.19. The Kier molecular flexibility index (Phi) is 3.92. The van der Waals surface area contributed by atoms with E-state index >= 15 is 0 Å².